The summed E-state index contributed by atoms with van der Waals surface area (Å²) in [4.78, 5) is 17.5. The standard InChI is InChI=1S/C12H10N2O.C2H6/c1-7-12-9(6-11(15)13-7)8-4-2-3-5-10(8)14-12;1-2/h2-6,14H,1H3,(H,13,15);1-2H3. The van der Waals surface area contributed by atoms with E-state index in [2.05, 4.69) is 9.97 Å². The summed E-state index contributed by atoms with van der Waals surface area (Å²) >= 11 is 0. The summed E-state index contributed by atoms with van der Waals surface area (Å²) in [5.41, 5.74) is 2.91. The third-order valence-electron chi connectivity index (χ3n) is 2.71. The van der Waals surface area contributed by atoms with Crippen LogP contribution in [-0.4, -0.2) is 9.97 Å². The Bertz CT molecular complexity index is 707. The number of pyridine rings is 1. The van der Waals surface area contributed by atoms with Gasteiger partial charge < -0.3 is 9.97 Å². The Morgan fingerprint density at radius 3 is 2.47 bits per heavy atom. The van der Waals surface area contributed by atoms with Crippen LogP contribution in [-0.2, 0) is 0 Å². The maximum atomic E-state index is 11.4. The smallest absolute Gasteiger partial charge is 0.248 e. The van der Waals surface area contributed by atoms with Crippen LogP contribution in [0.25, 0.3) is 21.8 Å². The van der Waals surface area contributed by atoms with E-state index in [4.69, 9.17) is 0 Å². The van der Waals surface area contributed by atoms with Gasteiger partial charge in [-0.3, -0.25) is 4.79 Å². The third-order valence-corrected chi connectivity index (χ3v) is 2.71. The number of aromatic nitrogens is 2. The molecule has 0 aliphatic rings. The summed E-state index contributed by atoms with van der Waals surface area (Å²) < 4.78 is 0. The van der Waals surface area contributed by atoms with E-state index in [1.807, 2.05) is 45.0 Å². The summed E-state index contributed by atoms with van der Waals surface area (Å²) in [6.07, 6.45) is 0. The Balaban J connectivity index is 0.000000514. The molecule has 0 fully saturated rings. The monoisotopic (exact) mass is 228 g/mol. The van der Waals surface area contributed by atoms with Crippen LogP contribution in [0.4, 0.5) is 0 Å². The van der Waals surface area contributed by atoms with Crippen LogP contribution in [0.15, 0.2) is 35.1 Å². The lowest BCUT2D eigenvalue weighted by molar-refractivity contribution is 1.16. The molecule has 3 heteroatoms. The molecule has 0 spiro atoms. The first-order chi connectivity index (χ1) is 8.25. The summed E-state index contributed by atoms with van der Waals surface area (Å²) in [6, 6.07) is 9.63. The van der Waals surface area contributed by atoms with E-state index in [-0.39, 0.29) is 5.56 Å². The number of nitrogens with one attached hydrogen (secondary N) is 2. The highest BCUT2D eigenvalue weighted by Crippen LogP contribution is 2.24. The van der Waals surface area contributed by atoms with Gasteiger partial charge in [0, 0.05) is 28.0 Å². The first kappa shape index (κ1) is 11.5. The van der Waals surface area contributed by atoms with Gasteiger partial charge in [-0.15, -0.1) is 0 Å². The molecule has 0 aliphatic heterocycles. The van der Waals surface area contributed by atoms with Crippen molar-refractivity contribution in [1.82, 2.24) is 9.97 Å². The van der Waals surface area contributed by atoms with E-state index in [0.29, 0.717) is 0 Å². The maximum absolute atomic E-state index is 11.4. The van der Waals surface area contributed by atoms with Crippen LogP contribution in [0.5, 0.6) is 0 Å². The molecule has 0 bridgehead atoms. The largest absolute Gasteiger partial charge is 0.353 e. The Morgan fingerprint density at radius 2 is 1.71 bits per heavy atom. The molecule has 3 rings (SSSR count). The quantitative estimate of drug-likeness (QED) is 0.609. The molecular weight excluding hydrogens is 212 g/mol. The van der Waals surface area contributed by atoms with Gasteiger partial charge in [0.25, 0.3) is 0 Å². The van der Waals surface area contributed by atoms with E-state index in [9.17, 15) is 4.79 Å². The lowest BCUT2D eigenvalue weighted by Gasteiger charge is -1.94. The van der Waals surface area contributed by atoms with Crippen molar-refractivity contribution in [1.29, 1.82) is 0 Å². The van der Waals surface area contributed by atoms with Crippen LogP contribution < -0.4 is 5.56 Å². The predicted octanol–water partition coefficient (Wildman–Crippen LogP) is 3.34. The van der Waals surface area contributed by atoms with Crippen LogP contribution >= 0.6 is 0 Å². The minimum Gasteiger partial charge on any atom is -0.353 e. The van der Waals surface area contributed by atoms with Crippen LogP contribution in [0.2, 0.25) is 0 Å². The number of rotatable bonds is 0. The van der Waals surface area contributed by atoms with Gasteiger partial charge >= 0.3 is 0 Å². The highest BCUT2D eigenvalue weighted by Gasteiger charge is 2.06. The van der Waals surface area contributed by atoms with Gasteiger partial charge in [-0.1, -0.05) is 32.0 Å². The van der Waals surface area contributed by atoms with Crippen molar-refractivity contribution in [2.24, 2.45) is 0 Å². The Labute approximate surface area is 99.5 Å². The minimum absolute atomic E-state index is 0.0512. The molecule has 1 aromatic carbocycles. The number of aromatic amines is 2. The summed E-state index contributed by atoms with van der Waals surface area (Å²) in [5.74, 6) is 0. The zero-order valence-corrected chi connectivity index (χ0v) is 10.3. The van der Waals surface area contributed by atoms with E-state index in [1.54, 1.807) is 6.07 Å². The molecule has 0 aliphatic carbocycles. The van der Waals surface area contributed by atoms with Crippen molar-refractivity contribution < 1.29 is 0 Å². The SMILES string of the molecule is CC.Cc1[nH]c(=O)cc2c1[nH]c1ccccc12. The zero-order chi connectivity index (χ0) is 12.4. The van der Waals surface area contributed by atoms with Crippen molar-refractivity contribution in [3.05, 3.63) is 46.4 Å². The van der Waals surface area contributed by atoms with E-state index in [0.717, 1.165) is 27.5 Å². The minimum atomic E-state index is -0.0512. The molecule has 3 aromatic rings. The molecule has 3 nitrogen and oxygen atoms in total. The second kappa shape index (κ2) is 4.45. The number of aryl methyl sites for hydroxylation is 1. The van der Waals surface area contributed by atoms with Crippen LogP contribution in [0.1, 0.15) is 19.5 Å². The Kier molecular flexibility index (Phi) is 3.00. The van der Waals surface area contributed by atoms with Crippen molar-refractivity contribution in [3.63, 3.8) is 0 Å². The molecule has 0 atom stereocenters. The Hall–Kier alpha value is -2.03. The van der Waals surface area contributed by atoms with Gasteiger partial charge in [-0.25, -0.2) is 0 Å². The second-order valence-corrected chi connectivity index (χ2v) is 3.72. The molecule has 0 radical (unpaired) electrons. The number of para-hydroxylation sites is 1. The fraction of sp³-hybridized carbons (Fsp3) is 0.214. The van der Waals surface area contributed by atoms with Gasteiger partial charge in [0.1, 0.15) is 0 Å². The van der Waals surface area contributed by atoms with Crippen molar-refractivity contribution in [2.45, 2.75) is 20.8 Å². The summed E-state index contributed by atoms with van der Waals surface area (Å²) in [5, 5.41) is 2.09. The van der Waals surface area contributed by atoms with Crippen molar-refractivity contribution in [3.8, 4) is 0 Å². The average molecular weight is 228 g/mol. The lowest BCUT2D eigenvalue weighted by Crippen LogP contribution is -2.04. The number of hydrogen-bond donors (Lipinski definition) is 2. The van der Waals surface area contributed by atoms with E-state index >= 15 is 0 Å². The average Bonchev–Trinajstić information content (AvgIpc) is 2.71. The first-order valence-electron chi connectivity index (χ1n) is 5.86. The molecule has 2 N–H and O–H groups in total. The zero-order valence-electron chi connectivity index (χ0n) is 10.3. The third kappa shape index (κ3) is 1.84. The topological polar surface area (TPSA) is 48.6 Å². The number of benzene rings is 1. The van der Waals surface area contributed by atoms with Crippen LogP contribution in [0, 0.1) is 6.92 Å². The van der Waals surface area contributed by atoms with Crippen molar-refractivity contribution in [2.75, 3.05) is 0 Å². The number of hydrogen-bond acceptors (Lipinski definition) is 1. The fourth-order valence-corrected chi connectivity index (χ4v) is 2.02. The van der Waals surface area contributed by atoms with Gasteiger partial charge in [-0.05, 0) is 13.0 Å². The van der Waals surface area contributed by atoms with E-state index < -0.39 is 0 Å². The van der Waals surface area contributed by atoms with Gasteiger partial charge in [-0.2, -0.15) is 0 Å². The molecule has 0 unspecified atom stereocenters. The summed E-state index contributed by atoms with van der Waals surface area (Å²) in [6.45, 7) is 5.90. The maximum Gasteiger partial charge on any atom is 0.248 e. The molecule has 2 heterocycles. The molecule has 0 saturated heterocycles. The van der Waals surface area contributed by atoms with Crippen molar-refractivity contribution >= 4 is 21.8 Å². The second-order valence-electron chi connectivity index (χ2n) is 3.72. The highest BCUT2D eigenvalue weighted by atomic mass is 16.1. The lowest BCUT2D eigenvalue weighted by atomic mass is 10.2. The van der Waals surface area contributed by atoms with Gasteiger partial charge in [0.2, 0.25) is 5.56 Å². The first-order valence-corrected chi connectivity index (χ1v) is 5.86. The number of H-pyrrole nitrogens is 2. The molecule has 88 valence electrons. The number of fused-ring (bicyclic) bond motifs is 3. The fourth-order valence-electron chi connectivity index (χ4n) is 2.02. The van der Waals surface area contributed by atoms with Gasteiger partial charge in [0.15, 0.2) is 0 Å². The Morgan fingerprint density at radius 1 is 1.00 bits per heavy atom. The molecular formula is C14H16N2O. The molecule has 2 aromatic heterocycles. The normalized spacial score (nSPS) is 10.3. The molecule has 17 heavy (non-hydrogen) atoms. The van der Waals surface area contributed by atoms with Crippen LogP contribution in [0.3, 0.4) is 0 Å². The van der Waals surface area contributed by atoms with Gasteiger partial charge in [0.05, 0.1) is 5.52 Å². The molecule has 0 amide bonds. The summed E-state index contributed by atoms with van der Waals surface area (Å²) in [7, 11) is 0. The highest BCUT2D eigenvalue weighted by molar-refractivity contribution is 6.07. The predicted molar refractivity (Wildman–Crippen MR) is 72.5 cm³/mol. The van der Waals surface area contributed by atoms with E-state index in [1.165, 1.54) is 0 Å². The molecule has 0 saturated carbocycles.